The van der Waals surface area contributed by atoms with E-state index < -0.39 is 29.2 Å². The summed E-state index contributed by atoms with van der Waals surface area (Å²) >= 11 is 0. The average molecular weight is 275 g/mol. The number of carbonyl (C=O) groups is 1. The van der Waals surface area contributed by atoms with Gasteiger partial charge in [0.05, 0.1) is 11.6 Å². The molecular formula is C15H8F3NO. The standard InChI is InChI=1S/C15H8F3NO/c16-10-3-1-9(2-4-10)13(8-19)15(20)12-6-5-11(17)7-14(12)18/h1-7,13H. The van der Waals surface area contributed by atoms with E-state index in [4.69, 9.17) is 5.26 Å². The summed E-state index contributed by atoms with van der Waals surface area (Å²) in [5.74, 6) is -4.41. The normalized spacial score (nSPS) is 11.7. The first-order valence-corrected chi connectivity index (χ1v) is 5.67. The fourth-order valence-electron chi connectivity index (χ4n) is 1.78. The largest absolute Gasteiger partial charge is 0.292 e. The number of ketones is 1. The Morgan fingerprint density at radius 2 is 1.60 bits per heavy atom. The number of nitrogens with zero attached hydrogens (tertiary/aromatic N) is 1. The van der Waals surface area contributed by atoms with Crippen LogP contribution in [0.2, 0.25) is 0 Å². The highest BCUT2D eigenvalue weighted by atomic mass is 19.1. The minimum absolute atomic E-state index is 0.252. The maximum absolute atomic E-state index is 13.5. The fraction of sp³-hybridized carbons (Fsp3) is 0.0667. The highest BCUT2D eigenvalue weighted by molar-refractivity contribution is 6.02. The number of nitriles is 1. The summed E-state index contributed by atoms with van der Waals surface area (Å²) in [6.45, 7) is 0. The van der Waals surface area contributed by atoms with Crippen LogP contribution in [0.5, 0.6) is 0 Å². The van der Waals surface area contributed by atoms with Crippen LogP contribution in [0.25, 0.3) is 0 Å². The molecule has 2 aromatic carbocycles. The molecule has 0 bridgehead atoms. The molecule has 0 radical (unpaired) electrons. The summed E-state index contributed by atoms with van der Waals surface area (Å²) < 4.78 is 39.2. The van der Waals surface area contributed by atoms with Crippen molar-refractivity contribution < 1.29 is 18.0 Å². The monoisotopic (exact) mass is 275 g/mol. The van der Waals surface area contributed by atoms with Crippen LogP contribution in [-0.2, 0) is 0 Å². The van der Waals surface area contributed by atoms with E-state index in [0.717, 1.165) is 24.3 Å². The lowest BCUT2D eigenvalue weighted by atomic mass is 9.91. The zero-order valence-electron chi connectivity index (χ0n) is 10.1. The maximum atomic E-state index is 13.5. The van der Waals surface area contributed by atoms with Crippen molar-refractivity contribution in [1.82, 2.24) is 0 Å². The Morgan fingerprint density at radius 3 is 2.15 bits per heavy atom. The second-order valence-electron chi connectivity index (χ2n) is 4.10. The van der Waals surface area contributed by atoms with Crippen molar-refractivity contribution in [3.63, 3.8) is 0 Å². The first kappa shape index (κ1) is 13.8. The zero-order chi connectivity index (χ0) is 14.7. The summed E-state index contributed by atoms with van der Waals surface area (Å²) in [5.41, 5.74) is -0.120. The van der Waals surface area contributed by atoms with E-state index in [1.54, 1.807) is 6.07 Å². The molecule has 0 aliphatic heterocycles. The molecule has 20 heavy (non-hydrogen) atoms. The van der Waals surface area contributed by atoms with Gasteiger partial charge in [0, 0.05) is 6.07 Å². The van der Waals surface area contributed by atoms with E-state index in [9.17, 15) is 18.0 Å². The van der Waals surface area contributed by atoms with Gasteiger partial charge in [0.25, 0.3) is 0 Å². The molecule has 2 aromatic rings. The van der Waals surface area contributed by atoms with Crippen molar-refractivity contribution in [1.29, 1.82) is 5.26 Å². The number of rotatable bonds is 3. The number of hydrogen-bond acceptors (Lipinski definition) is 2. The molecule has 0 N–H and O–H groups in total. The zero-order valence-corrected chi connectivity index (χ0v) is 10.1. The lowest BCUT2D eigenvalue weighted by Crippen LogP contribution is -2.13. The van der Waals surface area contributed by atoms with Crippen molar-refractivity contribution in [2.45, 2.75) is 5.92 Å². The van der Waals surface area contributed by atoms with Crippen molar-refractivity contribution >= 4 is 5.78 Å². The van der Waals surface area contributed by atoms with Gasteiger partial charge in [-0.3, -0.25) is 4.79 Å². The molecule has 2 nitrogen and oxygen atoms in total. The Hall–Kier alpha value is -2.61. The van der Waals surface area contributed by atoms with Crippen LogP contribution in [0.3, 0.4) is 0 Å². The van der Waals surface area contributed by atoms with Gasteiger partial charge < -0.3 is 0 Å². The molecule has 0 saturated carbocycles. The molecule has 1 atom stereocenters. The predicted molar refractivity (Wildman–Crippen MR) is 65.4 cm³/mol. The fourth-order valence-corrected chi connectivity index (χ4v) is 1.78. The van der Waals surface area contributed by atoms with Crippen molar-refractivity contribution in [2.75, 3.05) is 0 Å². The van der Waals surface area contributed by atoms with Gasteiger partial charge in [-0.1, -0.05) is 12.1 Å². The van der Waals surface area contributed by atoms with E-state index in [-0.39, 0.29) is 11.1 Å². The maximum Gasteiger partial charge on any atom is 0.187 e. The van der Waals surface area contributed by atoms with E-state index in [0.29, 0.717) is 6.07 Å². The van der Waals surface area contributed by atoms with Gasteiger partial charge in [0.2, 0.25) is 0 Å². The number of benzene rings is 2. The summed E-state index contributed by atoms with van der Waals surface area (Å²) in [6.07, 6.45) is 0. The van der Waals surface area contributed by atoms with Crippen LogP contribution < -0.4 is 0 Å². The average Bonchev–Trinajstić information content (AvgIpc) is 2.41. The third kappa shape index (κ3) is 2.69. The minimum atomic E-state index is -1.27. The first-order valence-electron chi connectivity index (χ1n) is 5.67. The molecule has 5 heteroatoms. The van der Waals surface area contributed by atoms with Crippen LogP contribution in [0, 0.1) is 28.8 Å². The summed E-state index contributed by atoms with van der Waals surface area (Å²) in [5, 5.41) is 9.06. The van der Waals surface area contributed by atoms with Crippen molar-refractivity contribution in [3.05, 3.63) is 71.0 Å². The molecule has 0 heterocycles. The summed E-state index contributed by atoms with van der Waals surface area (Å²) in [6, 6.07) is 9.02. The van der Waals surface area contributed by atoms with E-state index in [2.05, 4.69) is 0 Å². The topological polar surface area (TPSA) is 40.9 Å². The Labute approximate surface area is 113 Å². The third-order valence-electron chi connectivity index (χ3n) is 2.79. The molecule has 0 aliphatic carbocycles. The van der Waals surface area contributed by atoms with Crippen LogP contribution >= 0.6 is 0 Å². The lowest BCUT2D eigenvalue weighted by molar-refractivity contribution is 0.0975. The summed E-state index contributed by atoms with van der Waals surface area (Å²) in [4.78, 5) is 12.1. The Kier molecular flexibility index (Phi) is 3.85. The van der Waals surface area contributed by atoms with E-state index in [1.165, 1.54) is 12.1 Å². The van der Waals surface area contributed by atoms with Gasteiger partial charge in [-0.2, -0.15) is 5.26 Å². The lowest BCUT2D eigenvalue weighted by Gasteiger charge is -2.09. The van der Waals surface area contributed by atoms with Gasteiger partial charge in [-0.25, -0.2) is 13.2 Å². The van der Waals surface area contributed by atoms with Crippen molar-refractivity contribution in [2.24, 2.45) is 0 Å². The Bertz CT molecular complexity index is 689. The van der Waals surface area contributed by atoms with Gasteiger partial charge in [0.1, 0.15) is 23.4 Å². The second kappa shape index (κ2) is 5.57. The van der Waals surface area contributed by atoms with Crippen LogP contribution in [0.1, 0.15) is 21.8 Å². The molecule has 0 saturated heterocycles. The highest BCUT2D eigenvalue weighted by Gasteiger charge is 2.24. The first-order chi connectivity index (χ1) is 9.52. The molecule has 0 spiro atoms. The molecule has 0 aliphatic rings. The summed E-state index contributed by atoms with van der Waals surface area (Å²) in [7, 11) is 0. The van der Waals surface area contributed by atoms with Crippen LogP contribution in [0.15, 0.2) is 42.5 Å². The SMILES string of the molecule is N#CC(C(=O)c1ccc(F)cc1F)c1ccc(F)cc1. The quantitative estimate of drug-likeness (QED) is 0.803. The molecule has 0 aromatic heterocycles. The molecule has 100 valence electrons. The third-order valence-corrected chi connectivity index (χ3v) is 2.79. The Balaban J connectivity index is 2.39. The number of carbonyl (C=O) groups excluding carboxylic acids is 1. The van der Waals surface area contributed by atoms with E-state index >= 15 is 0 Å². The highest BCUT2D eigenvalue weighted by Crippen LogP contribution is 2.22. The minimum Gasteiger partial charge on any atom is -0.292 e. The van der Waals surface area contributed by atoms with Crippen LogP contribution in [-0.4, -0.2) is 5.78 Å². The molecule has 2 rings (SSSR count). The molecule has 0 amide bonds. The molecule has 0 fully saturated rings. The van der Waals surface area contributed by atoms with Crippen LogP contribution in [0.4, 0.5) is 13.2 Å². The molecule has 1 unspecified atom stereocenters. The van der Waals surface area contributed by atoms with Gasteiger partial charge >= 0.3 is 0 Å². The molecular weight excluding hydrogens is 267 g/mol. The number of hydrogen-bond donors (Lipinski definition) is 0. The Morgan fingerprint density at radius 1 is 1.00 bits per heavy atom. The number of Topliss-reactive ketones (excluding diaryl/α,β-unsaturated/α-hetero) is 1. The van der Waals surface area contributed by atoms with E-state index in [1.807, 2.05) is 0 Å². The smallest absolute Gasteiger partial charge is 0.187 e. The van der Waals surface area contributed by atoms with Gasteiger partial charge in [-0.05, 0) is 29.8 Å². The second-order valence-corrected chi connectivity index (χ2v) is 4.10. The van der Waals surface area contributed by atoms with Gasteiger partial charge in [-0.15, -0.1) is 0 Å². The number of halogens is 3. The van der Waals surface area contributed by atoms with Crippen molar-refractivity contribution in [3.8, 4) is 6.07 Å². The van der Waals surface area contributed by atoms with Gasteiger partial charge in [0.15, 0.2) is 5.78 Å². The predicted octanol–water partition coefficient (Wildman–Crippen LogP) is 3.59.